The number of carbonyl (C=O) groups is 3. The van der Waals surface area contributed by atoms with Crippen LogP contribution in [0, 0.1) is 11.3 Å². The number of benzene rings is 2. The highest BCUT2D eigenvalue weighted by molar-refractivity contribution is 5.80. The first kappa shape index (κ1) is 23.4. The average Bonchev–Trinajstić information content (AvgIpc) is 3.38. The van der Waals surface area contributed by atoms with Crippen molar-refractivity contribution in [1.82, 2.24) is 10.6 Å². The van der Waals surface area contributed by atoms with Gasteiger partial charge in [0.1, 0.15) is 6.61 Å². The van der Waals surface area contributed by atoms with E-state index in [9.17, 15) is 19.5 Å². The number of carboxylic acid groups (broad SMARTS) is 1. The SMILES string of the molecule is O=C(C[C@@H]1CC[C@H](NC(=O)OCC2c3ccccc3-c3ccccc32)C1)NCC1(C(=O)O)CCC1. The van der Waals surface area contributed by atoms with Gasteiger partial charge in [-0.05, 0) is 60.3 Å². The van der Waals surface area contributed by atoms with Crippen LogP contribution in [0.2, 0.25) is 0 Å². The van der Waals surface area contributed by atoms with Crippen LogP contribution in [0.25, 0.3) is 11.1 Å². The minimum absolute atomic E-state index is 0.0135. The lowest BCUT2D eigenvalue weighted by Crippen LogP contribution is -2.47. The Bertz CT molecular complexity index is 1080. The maximum atomic E-state index is 12.6. The molecular formula is C28H32N2O5. The van der Waals surface area contributed by atoms with Crippen molar-refractivity contribution in [2.24, 2.45) is 11.3 Å². The molecule has 0 aliphatic heterocycles. The molecule has 2 saturated carbocycles. The fourth-order valence-corrected chi connectivity index (χ4v) is 5.87. The maximum absolute atomic E-state index is 12.6. The topological polar surface area (TPSA) is 105 Å². The van der Waals surface area contributed by atoms with Crippen LogP contribution in [0.3, 0.4) is 0 Å². The average molecular weight is 477 g/mol. The number of amides is 2. The Balaban J connectivity index is 1.07. The van der Waals surface area contributed by atoms with E-state index in [1.165, 1.54) is 22.3 Å². The molecule has 7 nitrogen and oxygen atoms in total. The lowest BCUT2D eigenvalue weighted by molar-refractivity contribution is -0.154. The van der Waals surface area contributed by atoms with E-state index >= 15 is 0 Å². The molecule has 3 aliphatic carbocycles. The van der Waals surface area contributed by atoms with Gasteiger partial charge < -0.3 is 20.5 Å². The van der Waals surface area contributed by atoms with Gasteiger partial charge in [-0.1, -0.05) is 55.0 Å². The highest BCUT2D eigenvalue weighted by atomic mass is 16.5. The Morgan fingerprint density at radius 3 is 2.23 bits per heavy atom. The molecule has 0 aromatic heterocycles. The lowest BCUT2D eigenvalue weighted by atomic mass is 9.69. The third kappa shape index (κ3) is 4.77. The number of aliphatic carboxylic acids is 1. The van der Waals surface area contributed by atoms with Crippen molar-refractivity contribution in [2.45, 2.75) is 56.9 Å². The number of nitrogens with one attached hydrogen (secondary N) is 2. The van der Waals surface area contributed by atoms with Crippen molar-refractivity contribution in [3.8, 4) is 11.1 Å². The van der Waals surface area contributed by atoms with Gasteiger partial charge in [0.15, 0.2) is 0 Å². The third-order valence-corrected chi connectivity index (χ3v) is 8.07. The van der Waals surface area contributed by atoms with Gasteiger partial charge in [0.05, 0.1) is 5.41 Å². The number of hydrogen-bond acceptors (Lipinski definition) is 4. The maximum Gasteiger partial charge on any atom is 0.407 e. The van der Waals surface area contributed by atoms with E-state index in [0.29, 0.717) is 19.3 Å². The summed E-state index contributed by atoms with van der Waals surface area (Å²) in [5, 5.41) is 15.2. The zero-order chi connectivity index (χ0) is 24.4. The van der Waals surface area contributed by atoms with Crippen LogP contribution in [-0.4, -0.2) is 42.3 Å². The van der Waals surface area contributed by atoms with Crippen molar-refractivity contribution in [2.75, 3.05) is 13.2 Å². The van der Waals surface area contributed by atoms with Gasteiger partial charge in [-0.2, -0.15) is 0 Å². The van der Waals surface area contributed by atoms with E-state index in [4.69, 9.17) is 4.74 Å². The summed E-state index contributed by atoms with van der Waals surface area (Å²) >= 11 is 0. The van der Waals surface area contributed by atoms with Crippen LogP contribution in [0.1, 0.15) is 62.0 Å². The molecule has 0 saturated heterocycles. The quantitative estimate of drug-likeness (QED) is 0.522. The summed E-state index contributed by atoms with van der Waals surface area (Å²) in [4.78, 5) is 36.4. The van der Waals surface area contributed by atoms with Crippen LogP contribution in [0.5, 0.6) is 0 Å². The Labute approximate surface area is 205 Å². The second-order valence-electron chi connectivity index (χ2n) is 10.3. The minimum Gasteiger partial charge on any atom is -0.481 e. The Morgan fingerprint density at radius 1 is 0.971 bits per heavy atom. The van der Waals surface area contributed by atoms with Crippen LogP contribution in [-0.2, 0) is 14.3 Å². The van der Waals surface area contributed by atoms with Crippen molar-refractivity contribution in [1.29, 1.82) is 0 Å². The van der Waals surface area contributed by atoms with Gasteiger partial charge >= 0.3 is 12.1 Å². The van der Waals surface area contributed by atoms with Gasteiger partial charge in [-0.3, -0.25) is 9.59 Å². The molecule has 2 atom stereocenters. The molecule has 5 rings (SSSR count). The van der Waals surface area contributed by atoms with E-state index < -0.39 is 17.5 Å². The summed E-state index contributed by atoms with van der Waals surface area (Å²) in [6, 6.07) is 16.5. The summed E-state index contributed by atoms with van der Waals surface area (Å²) in [5.74, 6) is -0.726. The predicted molar refractivity (Wildman–Crippen MR) is 131 cm³/mol. The number of hydrogen-bond donors (Lipinski definition) is 3. The largest absolute Gasteiger partial charge is 0.481 e. The molecule has 0 heterocycles. The molecule has 2 amide bonds. The van der Waals surface area contributed by atoms with E-state index in [-0.39, 0.29) is 36.9 Å². The van der Waals surface area contributed by atoms with Crippen molar-refractivity contribution >= 4 is 18.0 Å². The molecule has 3 N–H and O–H groups in total. The number of alkyl carbamates (subject to hydrolysis) is 1. The van der Waals surface area contributed by atoms with Gasteiger partial charge in [0.25, 0.3) is 0 Å². The summed E-state index contributed by atoms with van der Waals surface area (Å²) in [7, 11) is 0. The zero-order valence-corrected chi connectivity index (χ0v) is 19.8. The molecule has 2 aromatic rings. The summed E-state index contributed by atoms with van der Waals surface area (Å²) in [6.07, 6.45) is 4.47. The number of rotatable bonds is 8. The van der Waals surface area contributed by atoms with Crippen molar-refractivity contribution < 1.29 is 24.2 Å². The van der Waals surface area contributed by atoms with Gasteiger partial charge in [-0.25, -0.2) is 4.79 Å². The number of ether oxygens (including phenoxy) is 1. The fraction of sp³-hybridized carbons (Fsp3) is 0.464. The summed E-state index contributed by atoms with van der Waals surface area (Å²) in [5.41, 5.74) is 3.97. The normalized spacial score (nSPS) is 21.9. The van der Waals surface area contributed by atoms with Gasteiger partial charge in [-0.15, -0.1) is 0 Å². The van der Waals surface area contributed by atoms with Gasteiger partial charge in [0, 0.05) is 24.9 Å². The zero-order valence-electron chi connectivity index (χ0n) is 19.8. The molecule has 0 spiro atoms. The molecule has 0 unspecified atom stereocenters. The smallest absolute Gasteiger partial charge is 0.407 e. The van der Waals surface area contributed by atoms with E-state index in [0.717, 1.165) is 25.7 Å². The molecular weight excluding hydrogens is 444 g/mol. The molecule has 184 valence electrons. The standard InChI is InChI=1S/C28H32N2O5/c31-25(29-17-28(26(32)33)12-5-13-28)15-18-10-11-19(14-18)30-27(34)35-16-24-22-8-3-1-6-20(22)21-7-2-4-9-23(21)24/h1-4,6-9,18-19,24H,5,10-17H2,(H,29,31)(H,30,34)(H,32,33)/t18-,19+/m1/s1. The van der Waals surface area contributed by atoms with Crippen LogP contribution >= 0.6 is 0 Å². The van der Waals surface area contributed by atoms with Crippen molar-refractivity contribution in [3.05, 3.63) is 59.7 Å². The minimum atomic E-state index is -0.822. The second kappa shape index (κ2) is 9.72. The Morgan fingerprint density at radius 2 is 1.63 bits per heavy atom. The van der Waals surface area contributed by atoms with E-state index in [1.54, 1.807) is 0 Å². The fourth-order valence-electron chi connectivity index (χ4n) is 5.87. The first-order valence-corrected chi connectivity index (χ1v) is 12.6. The molecule has 3 aliphatic rings. The molecule has 35 heavy (non-hydrogen) atoms. The lowest BCUT2D eigenvalue weighted by Gasteiger charge is -2.37. The summed E-state index contributed by atoms with van der Waals surface area (Å²) in [6.45, 7) is 0.485. The highest BCUT2D eigenvalue weighted by Gasteiger charge is 2.44. The molecule has 2 aromatic carbocycles. The first-order valence-electron chi connectivity index (χ1n) is 12.6. The van der Waals surface area contributed by atoms with Crippen LogP contribution < -0.4 is 10.6 Å². The molecule has 0 radical (unpaired) electrons. The van der Waals surface area contributed by atoms with Gasteiger partial charge in [0.2, 0.25) is 5.91 Å². The van der Waals surface area contributed by atoms with E-state index in [1.807, 2.05) is 24.3 Å². The predicted octanol–water partition coefficient (Wildman–Crippen LogP) is 4.46. The molecule has 0 bridgehead atoms. The number of fused-ring (bicyclic) bond motifs is 3. The molecule has 7 heteroatoms. The Hall–Kier alpha value is -3.35. The monoisotopic (exact) mass is 476 g/mol. The molecule has 2 fully saturated rings. The first-order chi connectivity index (χ1) is 16.9. The van der Waals surface area contributed by atoms with Crippen LogP contribution in [0.4, 0.5) is 4.79 Å². The van der Waals surface area contributed by atoms with E-state index in [2.05, 4.69) is 34.9 Å². The Kier molecular flexibility index (Phi) is 6.50. The second-order valence-corrected chi connectivity index (χ2v) is 10.3. The number of carbonyl (C=O) groups excluding carboxylic acids is 2. The van der Waals surface area contributed by atoms with Crippen molar-refractivity contribution in [3.63, 3.8) is 0 Å². The highest BCUT2D eigenvalue weighted by Crippen LogP contribution is 2.44. The van der Waals surface area contributed by atoms with Crippen LogP contribution in [0.15, 0.2) is 48.5 Å². The number of carboxylic acids is 1. The third-order valence-electron chi connectivity index (χ3n) is 8.07. The summed E-state index contributed by atoms with van der Waals surface area (Å²) < 4.78 is 5.65.